The van der Waals surface area contributed by atoms with E-state index in [1.807, 2.05) is 18.2 Å². The summed E-state index contributed by atoms with van der Waals surface area (Å²) in [5.41, 5.74) is 0.545. The van der Waals surface area contributed by atoms with Crippen molar-refractivity contribution in [3.05, 3.63) is 33.4 Å². The maximum absolute atomic E-state index is 12.5. The van der Waals surface area contributed by atoms with Crippen molar-refractivity contribution >= 4 is 34.4 Å². The molecule has 1 fully saturated rings. The SMILES string of the molecule is N#CCNC(=O)C(CC1CCCCC1)NC(=O)c1cccc(I)c1. The molecule has 2 rings (SSSR count). The Bertz CT molecular complexity index is 621. The Morgan fingerprint density at radius 3 is 2.71 bits per heavy atom. The number of benzene rings is 1. The van der Waals surface area contributed by atoms with E-state index < -0.39 is 6.04 Å². The summed E-state index contributed by atoms with van der Waals surface area (Å²) in [5, 5.41) is 14.1. The Balaban J connectivity index is 2.04. The highest BCUT2D eigenvalue weighted by molar-refractivity contribution is 14.1. The Labute approximate surface area is 156 Å². The third-order valence-corrected chi connectivity index (χ3v) is 5.02. The number of rotatable bonds is 6. The second-order valence-electron chi connectivity index (χ2n) is 6.15. The topological polar surface area (TPSA) is 82.0 Å². The Kier molecular flexibility index (Phi) is 7.50. The molecule has 128 valence electrons. The van der Waals surface area contributed by atoms with E-state index in [0.29, 0.717) is 17.9 Å². The monoisotopic (exact) mass is 439 g/mol. The van der Waals surface area contributed by atoms with Crippen molar-refractivity contribution in [1.82, 2.24) is 10.6 Å². The number of nitriles is 1. The maximum Gasteiger partial charge on any atom is 0.251 e. The van der Waals surface area contributed by atoms with Crippen LogP contribution < -0.4 is 10.6 Å². The summed E-state index contributed by atoms with van der Waals surface area (Å²) >= 11 is 2.15. The summed E-state index contributed by atoms with van der Waals surface area (Å²) in [6, 6.07) is 8.58. The quantitative estimate of drug-likeness (QED) is 0.528. The van der Waals surface area contributed by atoms with Crippen LogP contribution in [0, 0.1) is 20.8 Å². The molecule has 6 heteroatoms. The van der Waals surface area contributed by atoms with Gasteiger partial charge < -0.3 is 10.6 Å². The molecule has 1 aliphatic rings. The summed E-state index contributed by atoms with van der Waals surface area (Å²) in [4.78, 5) is 24.8. The number of carbonyl (C=O) groups excluding carboxylic acids is 2. The molecule has 24 heavy (non-hydrogen) atoms. The van der Waals surface area contributed by atoms with Crippen molar-refractivity contribution in [3.8, 4) is 6.07 Å². The molecule has 0 aliphatic heterocycles. The molecule has 2 N–H and O–H groups in total. The molecule has 0 spiro atoms. The average Bonchev–Trinajstić information content (AvgIpc) is 2.60. The fraction of sp³-hybridized carbons (Fsp3) is 0.500. The third kappa shape index (κ3) is 5.78. The van der Waals surface area contributed by atoms with Gasteiger partial charge in [-0.1, -0.05) is 38.2 Å². The molecule has 0 bridgehead atoms. The number of hydrogen-bond acceptors (Lipinski definition) is 3. The Hall–Kier alpha value is -1.62. The molecular formula is C18H22IN3O2. The lowest BCUT2D eigenvalue weighted by atomic mass is 9.84. The molecule has 0 heterocycles. The molecule has 1 saturated carbocycles. The number of halogens is 1. The molecule has 1 aromatic carbocycles. The van der Waals surface area contributed by atoms with Crippen LogP contribution >= 0.6 is 22.6 Å². The maximum atomic E-state index is 12.5. The van der Waals surface area contributed by atoms with Crippen molar-refractivity contribution in [2.75, 3.05) is 6.54 Å². The van der Waals surface area contributed by atoms with E-state index in [0.717, 1.165) is 16.4 Å². The van der Waals surface area contributed by atoms with Crippen molar-refractivity contribution in [2.24, 2.45) is 5.92 Å². The minimum atomic E-state index is -0.591. The summed E-state index contributed by atoms with van der Waals surface area (Å²) in [6.45, 7) is -0.0426. The molecule has 1 unspecified atom stereocenters. The average molecular weight is 439 g/mol. The van der Waals surface area contributed by atoms with Crippen LogP contribution in [0.3, 0.4) is 0 Å². The largest absolute Gasteiger partial charge is 0.341 e. The van der Waals surface area contributed by atoms with Gasteiger partial charge in [0.1, 0.15) is 12.6 Å². The predicted octanol–water partition coefficient (Wildman–Crippen LogP) is 3.00. The van der Waals surface area contributed by atoms with Crippen molar-refractivity contribution in [3.63, 3.8) is 0 Å². The number of nitrogens with zero attached hydrogens (tertiary/aromatic N) is 1. The molecule has 0 radical (unpaired) electrons. The van der Waals surface area contributed by atoms with E-state index in [-0.39, 0.29) is 18.4 Å². The lowest BCUT2D eigenvalue weighted by Gasteiger charge is -2.26. The van der Waals surface area contributed by atoms with Crippen LogP contribution in [0.5, 0.6) is 0 Å². The number of nitrogens with one attached hydrogen (secondary N) is 2. The smallest absolute Gasteiger partial charge is 0.251 e. The van der Waals surface area contributed by atoms with Gasteiger partial charge in [0.25, 0.3) is 5.91 Å². The van der Waals surface area contributed by atoms with E-state index in [9.17, 15) is 9.59 Å². The zero-order valence-electron chi connectivity index (χ0n) is 13.6. The molecular weight excluding hydrogens is 417 g/mol. The first-order valence-corrected chi connectivity index (χ1v) is 9.39. The summed E-state index contributed by atoms with van der Waals surface area (Å²) in [7, 11) is 0. The second kappa shape index (κ2) is 9.62. The van der Waals surface area contributed by atoms with Gasteiger partial charge in [0.2, 0.25) is 5.91 Å². The minimum Gasteiger partial charge on any atom is -0.341 e. The minimum absolute atomic E-state index is 0.0426. The number of hydrogen-bond donors (Lipinski definition) is 2. The molecule has 2 amide bonds. The van der Waals surface area contributed by atoms with Gasteiger partial charge in [0.15, 0.2) is 0 Å². The highest BCUT2D eigenvalue weighted by Gasteiger charge is 2.26. The zero-order valence-corrected chi connectivity index (χ0v) is 15.7. The third-order valence-electron chi connectivity index (χ3n) is 4.34. The van der Waals surface area contributed by atoms with Gasteiger partial charge >= 0.3 is 0 Å². The Morgan fingerprint density at radius 1 is 1.29 bits per heavy atom. The fourth-order valence-electron chi connectivity index (χ4n) is 3.11. The normalized spacial score (nSPS) is 16.0. The van der Waals surface area contributed by atoms with Gasteiger partial charge in [0, 0.05) is 9.13 Å². The number of amides is 2. The van der Waals surface area contributed by atoms with Crippen molar-refractivity contribution in [1.29, 1.82) is 5.26 Å². The van der Waals surface area contributed by atoms with Gasteiger partial charge in [-0.05, 0) is 53.1 Å². The second-order valence-corrected chi connectivity index (χ2v) is 7.40. The fourth-order valence-corrected chi connectivity index (χ4v) is 3.65. The summed E-state index contributed by atoms with van der Waals surface area (Å²) in [6.07, 6.45) is 6.44. The Morgan fingerprint density at radius 2 is 2.04 bits per heavy atom. The van der Waals surface area contributed by atoms with Crippen LogP contribution in [-0.4, -0.2) is 24.4 Å². The first-order valence-electron chi connectivity index (χ1n) is 8.31. The van der Waals surface area contributed by atoms with Crippen LogP contribution in [0.4, 0.5) is 0 Å². The summed E-state index contributed by atoms with van der Waals surface area (Å²) < 4.78 is 0.970. The van der Waals surface area contributed by atoms with E-state index in [2.05, 4.69) is 33.2 Å². The van der Waals surface area contributed by atoms with Gasteiger partial charge in [-0.25, -0.2) is 0 Å². The molecule has 5 nitrogen and oxygen atoms in total. The first-order chi connectivity index (χ1) is 11.6. The highest BCUT2D eigenvalue weighted by Crippen LogP contribution is 2.27. The zero-order chi connectivity index (χ0) is 17.4. The summed E-state index contributed by atoms with van der Waals surface area (Å²) in [5.74, 6) is -0.0738. The van der Waals surface area contributed by atoms with Gasteiger partial charge in [-0.15, -0.1) is 0 Å². The standard InChI is InChI=1S/C18H22IN3O2/c19-15-8-4-7-14(12-15)17(23)22-16(18(24)21-10-9-20)11-13-5-2-1-3-6-13/h4,7-8,12-13,16H,1-3,5-6,10-11H2,(H,21,24)(H,22,23). The molecule has 0 aromatic heterocycles. The lowest BCUT2D eigenvalue weighted by Crippen LogP contribution is -2.48. The van der Waals surface area contributed by atoms with Crippen LogP contribution in [-0.2, 0) is 4.79 Å². The molecule has 1 aromatic rings. The van der Waals surface area contributed by atoms with E-state index in [1.165, 1.54) is 19.3 Å². The predicted molar refractivity (Wildman–Crippen MR) is 100 cm³/mol. The molecule has 0 saturated heterocycles. The lowest BCUT2D eigenvalue weighted by molar-refractivity contribution is -0.123. The van der Waals surface area contributed by atoms with Gasteiger partial charge in [-0.2, -0.15) is 5.26 Å². The van der Waals surface area contributed by atoms with Gasteiger partial charge in [-0.3, -0.25) is 9.59 Å². The van der Waals surface area contributed by atoms with Crippen LogP contribution in [0.15, 0.2) is 24.3 Å². The first kappa shape index (κ1) is 18.7. The van der Waals surface area contributed by atoms with E-state index in [4.69, 9.17) is 5.26 Å². The van der Waals surface area contributed by atoms with Crippen LogP contribution in [0.25, 0.3) is 0 Å². The van der Waals surface area contributed by atoms with Gasteiger partial charge in [0.05, 0.1) is 6.07 Å². The van der Waals surface area contributed by atoms with E-state index >= 15 is 0 Å². The molecule has 1 atom stereocenters. The van der Waals surface area contributed by atoms with Crippen LogP contribution in [0.1, 0.15) is 48.9 Å². The van der Waals surface area contributed by atoms with E-state index in [1.54, 1.807) is 12.1 Å². The van der Waals surface area contributed by atoms with Crippen LogP contribution in [0.2, 0.25) is 0 Å². The highest BCUT2D eigenvalue weighted by atomic mass is 127. The van der Waals surface area contributed by atoms with Crippen molar-refractivity contribution in [2.45, 2.75) is 44.6 Å². The van der Waals surface area contributed by atoms with Crippen molar-refractivity contribution < 1.29 is 9.59 Å². The molecule has 1 aliphatic carbocycles. The number of carbonyl (C=O) groups is 2.